The second-order valence-electron chi connectivity index (χ2n) is 7.42. The molecule has 0 unspecified atom stereocenters. The molecule has 2 amide bonds. The van der Waals surface area contributed by atoms with Crippen LogP contribution >= 0.6 is 0 Å². The number of hydrogen-bond acceptors (Lipinski definition) is 5. The van der Waals surface area contributed by atoms with Crippen molar-refractivity contribution in [2.45, 2.75) is 11.4 Å². The van der Waals surface area contributed by atoms with Gasteiger partial charge in [0.15, 0.2) is 9.84 Å². The van der Waals surface area contributed by atoms with Crippen LogP contribution in [-0.4, -0.2) is 26.5 Å². The third kappa shape index (κ3) is 4.18. The molecule has 166 valence electrons. The molecule has 0 spiro atoms. The van der Waals surface area contributed by atoms with E-state index >= 15 is 0 Å². The van der Waals surface area contributed by atoms with Crippen molar-refractivity contribution in [1.29, 1.82) is 5.26 Å². The van der Waals surface area contributed by atoms with Crippen molar-refractivity contribution >= 4 is 27.3 Å². The lowest BCUT2D eigenvalue weighted by molar-refractivity contribution is 0.0964. The highest BCUT2D eigenvalue weighted by Gasteiger charge is 2.23. The van der Waals surface area contributed by atoms with Gasteiger partial charge in [0.2, 0.25) is 0 Å². The normalized spacial score (nSPS) is 12.6. The van der Waals surface area contributed by atoms with E-state index in [-0.39, 0.29) is 38.7 Å². The Balaban J connectivity index is 1.70. The van der Waals surface area contributed by atoms with Crippen molar-refractivity contribution in [3.63, 3.8) is 0 Å². The van der Waals surface area contributed by atoms with Crippen molar-refractivity contribution in [2.75, 3.05) is 11.6 Å². The van der Waals surface area contributed by atoms with Crippen LogP contribution in [0.25, 0.3) is 11.1 Å². The second kappa shape index (κ2) is 8.11. The van der Waals surface area contributed by atoms with Crippen LogP contribution in [0.15, 0.2) is 53.4 Å². The Labute approximate surface area is 187 Å². The monoisotopic (exact) mass is 467 g/mol. The largest absolute Gasteiger partial charge is 0.348 e. The van der Waals surface area contributed by atoms with Gasteiger partial charge in [-0.1, -0.05) is 12.1 Å². The molecule has 0 saturated carbocycles. The van der Waals surface area contributed by atoms with E-state index in [0.29, 0.717) is 12.1 Å². The number of fused-ring (bicyclic) bond motifs is 1. The van der Waals surface area contributed by atoms with Gasteiger partial charge in [-0.05, 0) is 47.5 Å². The average Bonchev–Trinajstić information content (AvgIpc) is 3.12. The van der Waals surface area contributed by atoms with Crippen molar-refractivity contribution in [3.05, 3.63) is 82.4 Å². The number of hydrogen-bond donors (Lipinski definition) is 2. The minimum Gasteiger partial charge on any atom is -0.348 e. The summed E-state index contributed by atoms with van der Waals surface area (Å²) in [5.41, 5.74) is 0.286. The number of nitriles is 1. The van der Waals surface area contributed by atoms with E-state index in [1.165, 1.54) is 18.2 Å². The number of rotatable bonds is 4. The smallest absolute Gasteiger partial charge is 0.257 e. The molecular weight excluding hydrogens is 452 g/mol. The van der Waals surface area contributed by atoms with E-state index in [0.717, 1.165) is 36.1 Å². The van der Waals surface area contributed by atoms with Crippen LogP contribution in [0.5, 0.6) is 0 Å². The first-order chi connectivity index (χ1) is 15.6. The van der Waals surface area contributed by atoms with Gasteiger partial charge in [-0.15, -0.1) is 0 Å². The number of carbonyl (C=O) groups excluding carboxylic acids is 2. The Morgan fingerprint density at radius 1 is 1.09 bits per heavy atom. The molecule has 1 heterocycles. The predicted octanol–water partition coefficient (Wildman–Crippen LogP) is 3.40. The zero-order valence-electron chi connectivity index (χ0n) is 17.1. The molecular formula is C23H15F2N3O4S. The molecule has 0 saturated heterocycles. The van der Waals surface area contributed by atoms with Crippen LogP contribution in [-0.2, 0) is 16.4 Å². The first-order valence-corrected chi connectivity index (χ1v) is 11.4. The van der Waals surface area contributed by atoms with Gasteiger partial charge >= 0.3 is 0 Å². The third-order valence-electron chi connectivity index (χ3n) is 5.14. The van der Waals surface area contributed by atoms with Gasteiger partial charge in [0.05, 0.1) is 27.7 Å². The highest BCUT2D eigenvalue weighted by molar-refractivity contribution is 7.90. The van der Waals surface area contributed by atoms with Crippen molar-refractivity contribution in [1.82, 2.24) is 5.32 Å². The van der Waals surface area contributed by atoms with Crippen LogP contribution in [0.4, 0.5) is 14.5 Å². The van der Waals surface area contributed by atoms with E-state index in [9.17, 15) is 26.8 Å². The summed E-state index contributed by atoms with van der Waals surface area (Å²) in [5, 5.41) is 14.0. The van der Waals surface area contributed by atoms with Crippen molar-refractivity contribution in [3.8, 4) is 17.2 Å². The fourth-order valence-electron chi connectivity index (χ4n) is 3.59. The summed E-state index contributed by atoms with van der Waals surface area (Å²) in [7, 11) is -3.82. The van der Waals surface area contributed by atoms with Gasteiger partial charge in [-0.25, -0.2) is 17.2 Å². The average molecular weight is 467 g/mol. The van der Waals surface area contributed by atoms with Gasteiger partial charge in [-0.2, -0.15) is 5.26 Å². The maximum Gasteiger partial charge on any atom is 0.257 e. The molecule has 1 aliphatic rings. The highest BCUT2D eigenvalue weighted by Crippen LogP contribution is 2.32. The van der Waals surface area contributed by atoms with Crippen molar-refractivity contribution in [2.24, 2.45) is 0 Å². The fourth-order valence-corrected chi connectivity index (χ4v) is 4.45. The Kier molecular flexibility index (Phi) is 5.43. The molecule has 0 atom stereocenters. The Morgan fingerprint density at radius 3 is 2.42 bits per heavy atom. The number of sulfone groups is 1. The first-order valence-electron chi connectivity index (χ1n) is 9.54. The predicted molar refractivity (Wildman–Crippen MR) is 115 cm³/mol. The minimum atomic E-state index is -3.82. The Bertz CT molecular complexity index is 1470. The fraction of sp³-hybridized carbons (Fsp3) is 0.0870. The molecule has 0 radical (unpaired) electrons. The van der Waals surface area contributed by atoms with E-state index in [2.05, 4.69) is 10.6 Å². The van der Waals surface area contributed by atoms with E-state index in [4.69, 9.17) is 5.26 Å². The zero-order valence-corrected chi connectivity index (χ0v) is 17.9. The molecule has 0 fully saturated rings. The highest BCUT2D eigenvalue weighted by atomic mass is 32.2. The van der Waals surface area contributed by atoms with Crippen LogP contribution in [0.2, 0.25) is 0 Å². The number of nitrogens with one attached hydrogen (secondary N) is 2. The molecule has 0 aromatic heterocycles. The molecule has 2 N–H and O–H groups in total. The van der Waals surface area contributed by atoms with E-state index in [1.54, 1.807) is 12.1 Å². The molecule has 0 bridgehead atoms. The summed E-state index contributed by atoms with van der Waals surface area (Å²) in [6, 6.07) is 11.5. The summed E-state index contributed by atoms with van der Waals surface area (Å²) < 4.78 is 53.7. The molecule has 0 aliphatic carbocycles. The number of nitrogens with zero attached hydrogens (tertiary/aromatic N) is 1. The zero-order chi connectivity index (χ0) is 23.9. The standard InChI is InChI=1S/C23H15F2N3O4S/c1-33(31,32)20-5-2-12(10-26)6-17(20)23(30)28-15-8-18(24)21(19(25)9-15)13-3-4-14-11-27-22(29)16(14)7-13/h2-9H,11H2,1H3,(H,27,29)(H,28,30). The maximum atomic E-state index is 14.9. The van der Waals surface area contributed by atoms with Crippen LogP contribution in [0.3, 0.4) is 0 Å². The number of benzene rings is 3. The molecule has 7 nitrogen and oxygen atoms in total. The van der Waals surface area contributed by atoms with Gasteiger partial charge in [0, 0.05) is 24.1 Å². The first kappa shape index (κ1) is 22.1. The number of halogens is 2. The molecule has 10 heteroatoms. The lowest BCUT2D eigenvalue weighted by Gasteiger charge is -2.12. The summed E-state index contributed by atoms with van der Waals surface area (Å²) >= 11 is 0. The Morgan fingerprint density at radius 2 is 1.79 bits per heavy atom. The number of anilines is 1. The second-order valence-corrected chi connectivity index (χ2v) is 9.40. The van der Waals surface area contributed by atoms with Crippen LogP contribution in [0, 0.1) is 23.0 Å². The quantitative estimate of drug-likeness (QED) is 0.610. The topological polar surface area (TPSA) is 116 Å². The molecule has 33 heavy (non-hydrogen) atoms. The molecule has 1 aliphatic heterocycles. The number of amides is 2. The summed E-state index contributed by atoms with van der Waals surface area (Å²) in [5.74, 6) is -3.26. The van der Waals surface area contributed by atoms with Crippen LogP contribution < -0.4 is 10.6 Å². The molecule has 3 aromatic carbocycles. The summed E-state index contributed by atoms with van der Waals surface area (Å²) in [6.07, 6.45) is 0.899. The van der Waals surface area contributed by atoms with Crippen molar-refractivity contribution < 1.29 is 26.8 Å². The van der Waals surface area contributed by atoms with Crippen LogP contribution in [0.1, 0.15) is 31.8 Å². The van der Waals surface area contributed by atoms with Gasteiger partial charge in [-0.3, -0.25) is 9.59 Å². The molecule has 4 rings (SSSR count). The number of carbonyl (C=O) groups is 2. The third-order valence-corrected chi connectivity index (χ3v) is 6.29. The van der Waals surface area contributed by atoms with E-state index in [1.807, 2.05) is 0 Å². The lowest BCUT2D eigenvalue weighted by atomic mass is 9.99. The summed E-state index contributed by atoms with van der Waals surface area (Å²) in [6.45, 7) is 0.340. The lowest BCUT2D eigenvalue weighted by Crippen LogP contribution is -2.17. The minimum absolute atomic E-state index is 0.0425. The Hall–Kier alpha value is -4.10. The maximum absolute atomic E-state index is 14.9. The van der Waals surface area contributed by atoms with Gasteiger partial charge in [0.1, 0.15) is 11.6 Å². The molecule has 3 aromatic rings. The van der Waals surface area contributed by atoms with Gasteiger partial charge < -0.3 is 10.6 Å². The summed E-state index contributed by atoms with van der Waals surface area (Å²) in [4.78, 5) is 24.3. The SMILES string of the molecule is CS(=O)(=O)c1ccc(C#N)cc1C(=O)Nc1cc(F)c(-c2ccc3c(c2)C(=O)NC3)c(F)c1. The van der Waals surface area contributed by atoms with Gasteiger partial charge in [0.25, 0.3) is 11.8 Å². The van der Waals surface area contributed by atoms with E-state index < -0.39 is 27.4 Å².